The molecule has 1 atom stereocenters. The SMILES string of the molecule is CCNc1ncnc(N2CCOCC2C)c1C(C)C. The zero-order valence-corrected chi connectivity index (χ0v) is 12.3. The Morgan fingerprint density at radius 2 is 2.26 bits per heavy atom. The van der Waals surface area contributed by atoms with Crippen LogP contribution in [-0.2, 0) is 4.74 Å². The predicted molar refractivity (Wildman–Crippen MR) is 77.9 cm³/mol. The highest BCUT2D eigenvalue weighted by atomic mass is 16.5. The number of nitrogens with one attached hydrogen (secondary N) is 1. The van der Waals surface area contributed by atoms with E-state index in [0.29, 0.717) is 12.0 Å². The Labute approximate surface area is 115 Å². The normalized spacial score (nSPS) is 19.8. The Balaban J connectivity index is 2.40. The molecular weight excluding hydrogens is 240 g/mol. The maximum Gasteiger partial charge on any atom is 0.137 e. The van der Waals surface area contributed by atoms with Crippen molar-refractivity contribution in [2.24, 2.45) is 0 Å². The van der Waals surface area contributed by atoms with Crippen LogP contribution in [0.2, 0.25) is 0 Å². The molecule has 0 spiro atoms. The summed E-state index contributed by atoms with van der Waals surface area (Å²) in [6.07, 6.45) is 1.65. The molecule has 1 aromatic rings. The molecule has 19 heavy (non-hydrogen) atoms. The highest BCUT2D eigenvalue weighted by molar-refractivity contribution is 5.60. The number of rotatable bonds is 4. The van der Waals surface area contributed by atoms with Gasteiger partial charge in [0.1, 0.15) is 18.0 Å². The third kappa shape index (κ3) is 2.97. The van der Waals surface area contributed by atoms with E-state index < -0.39 is 0 Å². The summed E-state index contributed by atoms with van der Waals surface area (Å²) in [5.41, 5.74) is 1.21. The lowest BCUT2D eigenvalue weighted by atomic mass is 10.0. The van der Waals surface area contributed by atoms with Gasteiger partial charge < -0.3 is 15.0 Å². The van der Waals surface area contributed by atoms with Gasteiger partial charge in [-0.25, -0.2) is 9.97 Å². The lowest BCUT2D eigenvalue weighted by molar-refractivity contribution is 0.0984. The minimum atomic E-state index is 0.357. The molecular formula is C14H24N4O. The van der Waals surface area contributed by atoms with E-state index in [1.54, 1.807) is 6.33 Å². The molecule has 0 aliphatic carbocycles. The van der Waals surface area contributed by atoms with Crippen LogP contribution in [0.4, 0.5) is 11.6 Å². The van der Waals surface area contributed by atoms with E-state index in [1.807, 2.05) is 0 Å². The van der Waals surface area contributed by atoms with Gasteiger partial charge in [0.25, 0.3) is 0 Å². The molecule has 0 bridgehead atoms. The molecule has 1 unspecified atom stereocenters. The standard InChI is InChI=1S/C14H24N4O/c1-5-15-13-12(10(2)3)14(17-9-16-13)18-6-7-19-8-11(18)4/h9-11H,5-8H2,1-4H3,(H,15,16,17). The smallest absolute Gasteiger partial charge is 0.137 e. The van der Waals surface area contributed by atoms with Gasteiger partial charge in [0.15, 0.2) is 0 Å². The van der Waals surface area contributed by atoms with Crippen LogP contribution >= 0.6 is 0 Å². The van der Waals surface area contributed by atoms with Gasteiger partial charge in [0, 0.05) is 18.7 Å². The average molecular weight is 264 g/mol. The van der Waals surface area contributed by atoms with Gasteiger partial charge in [0.05, 0.1) is 19.3 Å². The summed E-state index contributed by atoms with van der Waals surface area (Å²) in [4.78, 5) is 11.3. The van der Waals surface area contributed by atoms with Gasteiger partial charge in [-0.15, -0.1) is 0 Å². The molecule has 1 aromatic heterocycles. The van der Waals surface area contributed by atoms with Crippen molar-refractivity contribution in [2.75, 3.05) is 36.5 Å². The van der Waals surface area contributed by atoms with Crippen LogP contribution in [0.5, 0.6) is 0 Å². The fraction of sp³-hybridized carbons (Fsp3) is 0.714. The second-order valence-electron chi connectivity index (χ2n) is 5.26. The minimum absolute atomic E-state index is 0.357. The number of anilines is 2. The second-order valence-corrected chi connectivity index (χ2v) is 5.26. The molecule has 106 valence electrons. The van der Waals surface area contributed by atoms with E-state index in [4.69, 9.17) is 4.74 Å². The van der Waals surface area contributed by atoms with Gasteiger partial charge in [-0.05, 0) is 19.8 Å². The van der Waals surface area contributed by atoms with Crippen LogP contribution < -0.4 is 10.2 Å². The first-order valence-corrected chi connectivity index (χ1v) is 7.08. The van der Waals surface area contributed by atoms with Crippen molar-refractivity contribution in [3.05, 3.63) is 11.9 Å². The molecule has 0 radical (unpaired) electrons. The van der Waals surface area contributed by atoms with Crippen molar-refractivity contribution in [3.63, 3.8) is 0 Å². The second kappa shape index (κ2) is 6.19. The maximum absolute atomic E-state index is 5.51. The van der Waals surface area contributed by atoms with Crippen molar-refractivity contribution in [1.29, 1.82) is 0 Å². The van der Waals surface area contributed by atoms with Crippen LogP contribution in [0.1, 0.15) is 39.2 Å². The van der Waals surface area contributed by atoms with Crippen molar-refractivity contribution in [1.82, 2.24) is 9.97 Å². The van der Waals surface area contributed by atoms with Crippen LogP contribution in [0.3, 0.4) is 0 Å². The quantitative estimate of drug-likeness (QED) is 0.904. The summed E-state index contributed by atoms with van der Waals surface area (Å²) in [5, 5.41) is 3.34. The van der Waals surface area contributed by atoms with Crippen molar-refractivity contribution < 1.29 is 4.74 Å². The van der Waals surface area contributed by atoms with E-state index in [0.717, 1.165) is 37.9 Å². The van der Waals surface area contributed by atoms with Crippen LogP contribution in [0.25, 0.3) is 0 Å². The summed E-state index contributed by atoms with van der Waals surface area (Å²) >= 11 is 0. The van der Waals surface area contributed by atoms with E-state index in [2.05, 4.69) is 47.9 Å². The van der Waals surface area contributed by atoms with Gasteiger partial charge in [-0.2, -0.15) is 0 Å². The summed E-state index contributed by atoms with van der Waals surface area (Å²) in [5.74, 6) is 2.40. The number of hydrogen-bond acceptors (Lipinski definition) is 5. The Kier molecular flexibility index (Phi) is 4.58. The van der Waals surface area contributed by atoms with Crippen molar-refractivity contribution in [2.45, 2.75) is 39.7 Å². The molecule has 5 heteroatoms. The van der Waals surface area contributed by atoms with Gasteiger partial charge in [-0.3, -0.25) is 0 Å². The molecule has 0 aromatic carbocycles. The van der Waals surface area contributed by atoms with Crippen LogP contribution in [0.15, 0.2) is 6.33 Å². The lowest BCUT2D eigenvalue weighted by Crippen LogP contribution is -2.44. The minimum Gasteiger partial charge on any atom is -0.377 e. The fourth-order valence-electron chi connectivity index (χ4n) is 2.50. The topological polar surface area (TPSA) is 50.3 Å². The maximum atomic E-state index is 5.51. The number of hydrogen-bond donors (Lipinski definition) is 1. The van der Waals surface area contributed by atoms with E-state index >= 15 is 0 Å². The molecule has 0 amide bonds. The highest BCUT2D eigenvalue weighted by Gasteiger charge is 2.25. The van der Waals surface area contributed by atoms with Crippen LogP contribution in [-0.4, -0.2) is 42.3 Å². The first kappa shape index (κ1) is 14.1. The molecule has 1 N–H and O–H groups in total. The summed E-state index contributed by atoms with van der Waals surface area (Å²) in [6.45, 7) is 11.9. The van der Waals surface area contributed by atoms with Gasteiger partial charge in [-0.1, -0.05) is 13.8 Å². The number of morpholine rings is 1. The molecule has 2 heterocycles. The van der Waals surface area contributed by atoms with Crippen LogP contribution in [0, 0.1) is 0 Å². The molecule has 2 rings (SSSR count). The molecule has 1 aliphatic heterocycles. The molecule has 1 fully saturated rings. The molecule has 5 nitrogen and oxygen atoms in total. The summed E-state index contributed by atoms with van der Waals surface area (Å²) in [7, 11) is 0. The molecule has 1 saturated heterocycles. The van der Waals surface area contributed by atoms with E-state index in [1.165, 1.54) is 5.56 Å². The Hall–Kier alpha value is -1.36. The monoisotopic (exact) mass is 264 g/mol. The summed E-state index contributed by atoms with van der Waals surface area (Å²) in [6, 6.07) is 0.357. The molecule has 0 saturated carbocycles. The first-order chi connectivity index (χ1) is 9.15. The largest absolute Gasteiger partial charge is 0.377 e. The van der Waals surface area contributed by atoms with E-state index in [9.17, 15) is 0 Å². The Morgan fingerprint density at radius 1 is 1.47 bits per heavy atom. The predicted octanol–water partition coefficient (Wildman–Crippen LogP) is 2.26. The number of nitrogens with zero attached hydrogens (tertiary/aromatic N) is 3. The zero-order valence-electron chi connectivity index (χ0n) is 12.3. The lowest BCUT2D eigenvalue weighted by Gasteiger charge is -2.36. The third-order valence-corrected chi connectivity index (χ3v) is 3.42. The fourth-order valence-corrected chi connectivity index (χ4v) is 2.50. The van der Waals surface area contributed by atoms with Crippen molar-refractivity contribution in [3.8, 4) is 0 Å². The van der Waals surface area contributed by atoms with Gasteiger partial charge >= 0.3 is 0 Å². The number of ether oxygens (including phenoxy) is 1. The first-order valence-electron chi connectivity index (χ1n) is 7.08. The Morgan fingerprint density at radius 3 is 2.89 bits per heavy atom. The molecule has 1 aliphatic rings. The van der Waals surface area contributed by atoms with Gasteiger partial charge in [0.2, 0.25) is 0 Å². The summed E-state index contributed by atoms with van der Waals surface area (Å²) < 4.78 is 5.51. The number of aromatic nitrogens is 2. The highest BCUT2D eigenvalue weighted by Crippen LogP contribution is 2.32. The Bertz CT molecular complexity index is 422. The average Bonchev–Trinajstić information content (AvgIpc) is 2.39. The van der Waals surface area contributed by atoms with Crippen molar-refractivity contribution >= 4 is 11.6 Å². The van der Waals surface area contributed by atoms with E-state index in [-0.39, 0.29) is 0 Å². The third-order valence-electron chi connectivity index (χ3n) is 3.42. The zero-order chi connectivity index (χ0) is 13.8.